The maximum atomic E-state index is 13.7. The second-order valence-electron chi connectivity index (χ2n) is 8.13. The van der Waals surface area contributed by atoms with E-state index >= 15 is 0 Å². The van der Waals surface area contributed by atoms with E-state index in [1.807, 2.05) is 48.5 Å². The Hall–Kier alpha value is -3.60. The Morgan fingerprint density at radius 2 is 1.37 bits per heavy atom. The van der Waals surface area contributed by atoms with Crippen molar-refractivity contribution in [3.63, 3.8) is 0 Å². The molecule has 2 amide bonds. The number of rotatable bonds is 2. The van der Waals surface area contributed by atoms with Crippen molar-refractivity contribution in [2.45, 2.75) is 11.3 Å². The van der Waals surface area contributed by atoms with Crippen LogP contribution in [0.1, 0.15) is 28.2 Å². The zero-order valence-corrected chi connectivity index (χ0v) is 15.8. The summed E-state index contributed by atoms with van der Waals surface area (Å²) in [6.07, 6.45) is 0.844. The first-order chi connectivity index (χ1) is 14.6. The molecule has 4 aliphatic rings. The molecule has 2 unspecified atom stereocenters. The fraction of sp³-hybridized carbons (Fsp3) is 0.160. The lowest BCUT2D eigenvalue weighted by atomic mass is 9.48. The third-order valence-corrected chi connectivity index (χ3v) is 6.95. The van der Waals surface area contributed by atoms with Gasteiger partial charge in [0, 0.05) is 5.92 Å². The van der Waals surface area contributed by atoms with Gasteiger partial charge in [0.2, 0.25) is 11.8 Å². The minimum atomic E-state index is -1.21. The standard InChI is InChI=1S/C25H16FNO3/c26-14-9-11-15(12-10-14)27-23(29)21-20-16-5-1-3-7-18(16)25(13-28,22(21)24(27)30)19-8-4-2-6-17(19)20/h1-13,20-22H. The molecule has 2 atom stereocenters. The molecular formula is C25H16FNO3. The number of amides is 2. The zero-order chi connectivity index (χ0) is 20.6. The molecule has 3 aromatic carbocycles. The molecule has 3 aliphatic carbocycles. The van der Waals surface area contributed by atoms with E-state index in [4.69, 9.17) is 0 Å². The molecule has 146 valence electrons. The van der Waals surface area contributed by atoms with Crippen LogP contribution in [-0.2, 0) is 19.8 Å². The van der Waals surface area contributed by atoms with Crippen molar-refractivity contribution in [3.05, 3.63) is 101 Å². The summed E-state index contributed by atoms with van der Waals surface area (Å²) in [4.78, 5) is 41.2. The van der Waals surface area contributed by atoms with Gasteiger partial charge in [-0.3, -0.25) is 9.59 Å². The highest BCUT2D eigenvalue weighted by molar-refractivity contribution is 6.24. The number of hydrogen-bond donors (Lipinski definition) is 0. The van der Waals surface area contributed by atoms with Gasteiger partial charge in [0.25, 0.3) is 0 Å². The molecule has 0 radical (unpaired) electrons. The summed E-state index contributed by atoms with van der Waals surface area (Å²) in [5.41, 5.74) is 2.56. The Kier molecular flexibility index (Phi) is 3.30. The molecule has 0 saturated carbocycles. The number of halogens is 1. The Morgan fingerprint density at radius 1 is 0.800 bits per heavy atom. The number of anilines is 1. The van der Waals surface area contributed by atoms with Crippen LogP contribution >= 0.6 is 0 Å². The van der Waals surface area contributed by atoms with Crippen LogP contribution in [0.4, 0.5) is 10.1 Å². The van der Waals surface area contributed by atoms with E-state index in [1.54, 1.807) is 0 Å². The van der Waals surface area contributed by atoms with Crippen molar-refractivity contribution < 1.29 is 18.8 Å². The van der Waals surface area contributed by atoms with Crippen LogP contribution in [0.5, 0.6) is 0 Å². The number of nitrogens with zero attached hydrogens (tertiary/aromatic N) is 1. The molecule has 1 aliphatic heterocycles. The molecule has 3 aromatic rings. The van der Waals surface area contributed by atoms with E-state index in [0.717, 1.165) is 33.4 Å². The number of carbonyl (C=O) groups is 3. The maximum absolute atomic E-state index is 13.7. The van der Waals surface area contributed by atoms with Gasteiger partial charge in [-0.15, -0.1) is 0 Å². The second kappa shape index (κ2) is 5.72. The first-order valence-corrected chi connectivity index (χ1v) is 9.88. The first-order valence-electron chi connectivity index (χ1n) is 9.88. The molecule has 7 rings (SSSR count). The highest BCUT2D eigenvalue weighted by Gasteiger charge is 2.68. The molecule has 5 heteroatoms. The molecule has 0 spiro atoms. The normalized spacial score (nSPS) is 28.2. The minimum absolute atomic E-state index is 0.300. The third-order valence-electron chi connectivity index (χ3n) is 6.95. The summed E-state index contributed by atoms with van der Waals surface area (Å²) in [5, 5.41) is 0. The lowest BCUT2D eigenvalue weighted by molar-refractivity contribution is -0.128. The number of imide groups is 1. The summed E-state index contributed by atoms with van der Waals surface area (Å²) in [6.45, 7) is 0. The largest absolute Gasteiger partial charge is 0.302 e. The highest BCUT2D eigenvalue weighted by Crippen LogP contribution is 2.63. The number of aldehydes is 1. The van der Waals surface area contributed by atoms with E-state index in [1.165, 1.54) is 24.3 Å². The van der Waals surface area contributed by atoms with Gasteiger partial charge < -0.3 is 4.79 Å². The van der Waals surface area contributed by atoms with Gasteiger partial charge in [-0.2, -0.15) is 0 Å². The van der Waals surface area contributed by atoms with Crippen LogP contribution < -0.4 is 4.90 Å². The average molecular weight is 397 g/mol. The SMILES string of the molecule is O=CC12c3ccccc3C(c3ccccc31)C1C(=O)N(c3ccc(F)cc3)C(=O)C12. The van der Waals surface area contributed by atoms with Crippen molar-refractivity contribution in [2.75, 3.05) is 4.90 Å². The number of hydrogen-bond acceptors (Lipinski definition) is 3. The molecular weight excluding hydrogens is 381 g/mol. The highest BCUT2D eigenvalue weighted by atomic mass is 19.1. The Morgan fingerprint density at radius 3 is 1.93 bits per heavy atom. The summed E-state index contributed by atoms with van der Waals surface area (Å²) >= 11 is 0. The van der Waals surface area contributed by atoms with Gasteiger partial charge in [-0.05, 0) is 46.5 Å². The van der Waals surface area contributed by atoms with Gasteiger partial charge in [0.05, 0.1) is 22.9 Å². The molecule has 0 aromatic heterocycles. The lowest BCUT2D eigenvalue weighted by Crippen LogP contribution is -2.54. The molecule has 30 heavy (non-hydrogen) atoms. The first kappa shape index (κ1) is 17.3. The van der Waals surface area contributed by atoms with Crippen LogP contribution in [0.3, 0.4) is 0 Å². The summed E-state index contributed by atoms with van der Waals surface area (Å²) in [7, 11) is 0. The quantitative estimate of drug-likeness (QED) is 0.491. The van der Waals surface area contributed by atoms with Crippen molar-refractivity contribution >= 4 is 23.8 Å². The van der Waals surface area contributed by atoms with E-state index in [-0.39, 0.29) is 11.8 Å². The van der Waals surface area contributed by atoms with Gasteiger partial charge in [-0.1, -0.05) is 48.5 Å². The topological polar surface area (TPSA) is 54.5 Å². The molecule has 0 N–H and O–H groups in total. The van der Waals surface area contributed by atoms with Crippen LogP contribution in [-0.4, -0.2) is 18.1 Å². The fourth-order valence-corrected chi connectivity index (χ4v) is 5.88. The van der Waals surface area contributed by atoms with Crippen LogP contribution in [0, 0.1) is 17.7 Å². The molecule has 1 fully saturated rings. The predicted molar refractivity (Wildman–Crippen MR) is 107 cm³/mol. The van der Waals surface area contributed by atoms with Crippen molar-refractivity contribution in [3.8, 4) is 0 Å². The van der Waals surface area contributed by atoms with Crippen molar-refractivity contribution in [2.24, 2.45) is 11.8 Å². The van der Waals surface area contributed by atoms with Crippen LogP contribution in [0.2, 0.25) is 0 Å². The molecule has 2 bridgehead atoms. The lowest BCUT2D eigenvalue weighted by Gasteiger charge is -2.51. The Balaban J connectivity index is 1.64. The van der Waals surface area contributed by atoms with Crippen LogP contribution in [0.15, 0.2) is 72.8 Å². The maximum Gasteiger partial charge on any atom is 0.239 e. The smallest absolute Gasteiger partial charge is 0.239 e. The van der Waals surface area contributed by atoms with Gasteiger partial charge >= 0.3 is 0 Å². The van der Waals surface area contributed by atoms with Gasteiger partial charge in [0.1, 0.15) is 12.1 Å². The van der Waals surface area contributed by atoms with E-state index in [0.29, 0.717) is 5.69 Å². The van der Waals surface area contributed by atoms with Gasteiger partial charge in [0.15, 0.2) is 0 Å². The Labute approximate surface area is 171 Å². The Bertz CT molecular complexity index is 1200. The van der Waals surface area contributed by atoms with E-state index in [2.05, 4.69) is 0 Å². The zero-order valence-electron chi connectivity index (χ0n) is 15.8. The molecule has 4 nitrogen and oxygen atoms in total. The summed E-state index contributed by atoms with van der Waals surface area (Å²) in [6, 6.07) is 20.5. The third kappa shape index (κ3) is 1.83. The predicted octanol–water partition coefficient (Wildman–Crippen LogP) is 3.58. The van der Waals surface area contributed by atoms with Gasteiger partial charge in [-0.25, -0.2) is 9.29 Å². The minimum Gasteiger partial charge on any atom is -0.302 e. The summed E-state index contributed by atoms with van der Waals surface area (Å²) < 4.78 is 13.4. The molecule has 1 heterocycles. The van der Waals surface area contributed by atoms with E-state index in [9.17, 15) is 18.8 Å². The molecule has 1 saturated heterocycles. The van der Waals surface area contributed by atoms with Crippen LogP contribution in [0.25, 0.3) is 0 Å². The van der Waals surface area contributed by atoms with Crippen molar-refractivity contribution in [1.29, 1.82) is 0 Å². The van der Waals surface area contributed by atoms with Crippen molar-refractivity contribution in [1.82, 2.24) is 0 Å². The second-order valence-corrected chi connectivity index (χ2v) is 8.13. The van der Waals surface area contributed by atoms with E-state index < -0.39 is 29.0 Å². The average Bonchev–Trinajstić information content (AvgIpc) is 3.05. The monoisotopic (exact) mass is 397 g/mol. The summed E-state index contributed by atoms with van der Waals surface area (Å²) in [5.74, 6) is -2.97. The number of carbonyl (C=O) groups excluding carboxylic acids is 3. The number of benzene rings is 3. The fourth-order valence-electron chi connectivity index (χ4n) is 5.88.